The van der Waals surface area contributed by atoms with Crippen molar-refractivity contribution in [3.63, 3.8) is 0 Å². The van der Waals surface area contributed by atoms with Crippen LogP contribution in [0.4, 0.5) is 0 Å². The number of pyridine rings is 1. The van der Waals surface area contributed by atoms with Crippen molar-refractivity contribution in [3.8, 4) is 0 Å². The van der Waals surface area contributed by atoms with Gasteiger partial charge in [0.25, 0.3) is 0 Å². The first kappa shape index (κ1) is 16.9. The molecule has 0 radical (unpaired) electrons. The van der Waals surface area contributed by atoms with E-state index in [1.54, 1.807) is 0 Å². The van der Waals surface area contributed by atoms with Gasteiger partial charge in [-0.2, -0.15) is 0 Å². The van der Waals surface area contributed by atoms with Gasteiger partial charge in [0.2, 0.25) is 0 Å². The number of hydrogen-bond acceptors (Lipinski definition) is 0. The maximum atomic E-state index is 2.40. The van der Waals surface area contributed by atoms with Crippen molar-refractivity contribution in [2.24, 2.45) is 13.0 Å². The molecule has 0 aliphatic rings. The van der Waals surface area contributed by atoms with Crippen LogP contribution < -0.4 is 4.57 Å². The van der Waals surface area contributed by atoms with Crippen molar-refractivity contribution in [1.82, 2.24) is 0 Å². The summed E-state index contributed by atoms with van der Waals surface area (Å²) < 4.78 is 2.32. The predicted molar refractivity (Wildman–Crippen MR) is 87.9 cm³/mol. The molecule has 1 heterocycles. The summed E-state index contributed by atoms with van der Waals surface area (Å²) in [6, 6.07) is 2.40. The highest BCUT2D eigenvalue weighted by atomic mass is 14.9. The third-order valence-corrected chi connectivity index (χ3v) is 4.14. The van der Waals surface area contributed by atoms with Gasteiger partial charge in [0.05, 0.1) is 6.42 Å². The minimum Gasteiger partial charge on any atom is -0.204 e. The highest BCUT2D eigenvalue weighted by molar-refractivity contribution is 5.22. The first-order chi connectivity index (χ1) is 9.47. The largest absolute Gasteiger partial charge is 0.204 e. The molecule has 1 heteroatoms. The van der Waals surface area contributed by atoms with Crippen LogP contribution in [0.2, 0.25) is 0 Å². The van der Waals surface area contributed by atoms with Crippen LogP contribution >= 0.6 is 0 Å². The zero-order chi connectivity index (χ0) is 15.1. The van der Waals surface area contributed by atoms with E-state index < -0.39 is 0 Å². The SMILES string of the molecule is CCCC(CC)Cc1cc(C)c(CC=C(C)C)[n+](C)c1. The maximum absolute atomic E-state index is 2.40. The molecule has 0 fully saturated rings. The molecule has 1 rings (SSSR count). The van der Waals surface area contributed by atoms with E-state index in [-0.39, 0.29) is 0 Å². The summed E-state index contributed by atoms with van der Waals surface area (Å²) in [7, 11) is 2.19. The molecule has 0 N–H and O–H groups in total. The van der Waals surface area contributed by atoms with Crippen LogP contribution in [0.1, 0.15) is 63.8 Å². The number of aryl methyl sites for hydroxylation is 2. The third-order valence-electron chi connectivity index (χ3n) is 4.14. The molecule has 1 aromatic heterocycles. The van der Waals surface area contributed by atoms with E-state index in [2.05, 4.69) is 64.6 Å². The highest BCUT2D eigenvalue weighted by Gasteiger charge is 2.14. The second kappa shape index (κ2) is 8.24. The smallest absolute Gasteiger partial charge is 0.187 e. The zero-order valence-corrected chi connectivity index (χ0v) is 14.3. The molecule has 1 atom stereocenters. The predicted octanol–water partition coefficient (Wildman–Crippen LogP) is 4.70. The van der Waals surface area contributed by atoms with E-state index in [4.69, 9.17) is 0 Å². The zero-order valence-electron chi connectivity index (χ0n) is 14.3. The average Bonchev–Trinajstić information content (AvgIpc) is 2.36. The second-order valence-corrected chi connectivity index (χ2v) is 6.34. The molecule has 0 spiro atoms. The summed E-state index contributed by atoms with van der Waals surface area (Å²) >= 11 is 0. The van der Waals surface area contributed by atoms with Gasteiger partial charge in [0.15, 0.2) is 11.9 Å². The summed E-state index contributed by atoms with van der Waals surface area (Å²) in [6.07, 6.45) is 10.8. The fraction of sp³-hybridized carbons (Fsp3) is 0.632. The fourth-order valence-electron chi connectivity index (χ4n) is 2.91. The molecule has 0 aromatic carbocycles. The number of aromatic nitrogens is 1. The van der Waals surface area contributed by atoms with Gasteiger partial charge in [0, 0.05) is 11.1 Å². The minimum atomic E-state index is 0.836. The molecule has 0 saturated carbocycles. The van der Waals surface area contributed by atoms with Gasteiger partial charge in [-0.1, -0.05) is 44.8 Å². The molecule has 0 saturated heterocycles. The third kappa shape index (κ3) is 5.11. The van der Waals surface area contributed by atoms with Crippen LogP contribution in [0.5, 0.6) is 0 Å². The van der Waals surface area contributed by atoms with Crippen LogP contribution in [0.25, 0.3) is 0 Å². The summed E-state index contributed by atoms with van der Waals surface area (Å²) in [5, 5.41) is 0. The van der Waals surface area contributed by atoms with Crippen molar-refractivity contribution in [2.75, 3.05) is 0 Å². The van der Waals surface area contributed by atoms with E-state index in [0.717, 1.165) is 12.3 Å². The van der Waals surface area contributed by atoms with Crippen LogP contribution in [0.3, 0.4) is 0 Å². The Labute approximate surface area is 125 Å². The van der Waals surface area contributed by atoms with E-state index in [0.29, 0.717) is 0 Å². The van der Waals surface area contributed by atoms with Crippen molar-refractivity contribution in [3.05, 3.63) is 40.7 Å². The number of nitrogens with zero attached hydrogens (tertiary/aromatic N) is 1. The lowest BCUT2D eigenvalue weighted by atomic mass is 9.92. The Hall–Kier alpha value is -1.11. The summed E-state index contributed by atoms with van der Waals surface area (Å²) in [5.74, 6) is 0.836. The molecule has 0 aliphatic heterocycles. The monoisotopic (exact) mass is 274 g/mol. The fourth-order valence-corrected chi connectivity index (χ4v) is 2.91. The molecular weight excluding hydrogens is 242 g/mol. The normalized spacial score (nSPS) is 12.3. The van der Waals surface area contributed by atoms with Crippen LogP contribution in [-0.4, -0.2) is 0 Å². The molecule has 1 unspecified atom stereocenters. The van der Waals surface area contributed by atoms with E-state index in [1.165, 1.54) is 48.1 Å². The van der Waals surface area contributed by atoms with Crippen molar-refractivity contribution in [2.45, 2.75) is 66.7 Å². The molecule has 112 valence electrons. The minimum absolute atomic E-state index is 0.836. The van der Waals surface area contributed by atoms with Gasteiger partial charge in [-0.3, -0.25) is 0 Å². The van der Waals surface area contributed by atoms with E-state index >= 15 is 0 Å². The molecule has 1 nitrogen and oxygen atoms in total. The van der Waals surface area contributed by atoms with Gasteiger partial charge >= 0.3 is 0 Å². The van der Waals surface area contributed by atoms with Crippen LogP contribution in [0.15, 0.2) is 23.9 Å². The topological polar surface area (TPSA) is 3.88 Å². The Morgan fingerprint density at radius 1 is 1.30 bits per heavy atom. The number of hydrogen-bond donors (Lipinski definition) is 0. The van der Waals surface area contributed by atoms with Gasteiger partial charge in [-0.05, 0) is 39.2 Å². The van der Waals surface area contributed by atoms with Crippen molar-refractivity contribution in [1.29, 1.82) is 0 Å². The Bertz CT molecular complexity index is 430. The Balaban J connectivity index is 2.89. The molecule has 0 aliphatic carbocycles. The quantitative estimate of drug-likeness (QED) is 0.501. The van der Waals surface area contributed by atoms with Gasteiger partial charge in [0.1, 0.15) is 7.05 Å². The van der Waals surface area contributed by atoms with Gasteiger partial charge in [-0.15, -0.1) is 0 Å². The van der Waals surface area contributed by atoms with Gasteiger partial charge < -0.3 is 0 Å². The Kier molecular flexibility index (Phi) is 6.98. The summed E-state index contributed by atoms with van der Waals surface area (Å²) in [4.78, 5) is 0. The maximum Gasteiger partial charge on any atom is 0.187 e. The molecule has 0 bridgehead atoms. The lowest BCUT2D eigenvalue weighted by Gasteiger charge is -2.14. The van der Waals surface area contributed by atoms with E-state index in [1.807, 2.05) is 0 Å². The molecule has 0 amide bonds. The Morgan fingerprint density at radius 2 is 2.00 bits per heavy atom. The van der Waals surface area contributed by atoms with Crippen molar-refractivity contribution >= 4 is 0 Å². The summed E-state index contributed by atoms with van der Waals surface area (Å²) in [5.41, 5.74) is 5.74. The second-order valence-electron chi connectivity index (χ2n) is 6.34. The summed E-state index contributed by atoms with van der Waals surface area (Å²) in [6.45, 7) is 11.2. The molecule has 20 heavy (non-hydrogen) atoms. The molecule has 1 aromatic rings. The number of allylic oxidation sites excluding steroid dienone is 2. The standard InChI is InChI=1S/C19H32N/c1-7-9-17(8-2)13-18-12-16(5)19(20(6)14-18)11-10-15(3)4/h10,12,14,17H,7-9,11,13H2,1-6H3/q+1. The number of rotatable bonds is 7. The van der Waals surface area contributed by atoms with Crippen LogP contribution in [-0.2, 0) is 19.9 Å². The Morgan fingerprint density at radius 3 is 2.50 bits per heavy atom. The highest BCUT2D eigenvalue weighted by Crippen LogP contribution is 2.18. The van der Waals surface area contributed by atoms with Crippen LogP contribution in [0, 0.1) is 12.8 Å². The van der Waals surface area contributed by atoms with E-state index in [9.17, 15) is 0 Å². The average molecular weight is 274 g/mol. The van der Waals surface area contributed by atoms with Gasteiger partial charge in [-0.25, -0.2) is 4.57 Å². The molecular formula is C19H32N+. The lowest BCUT2D eigenvalue weighted by molar-refractivity contribution is -0.679. The first-order valence-corrected chi connectivity index (χ1v) is 8.09. The first-order valence-electron chi connectivity index (χ1n) is 8.09. The lowest BCUT2D eigenvalue weighted by Crippen LogP contribution is -2.35. The van der Waals surface area contributed by atoms with Crippen molar-refractivity contribution < 1.29 is 4.57 Å².